The summed E-state index contributed by atoms with van der Waals surface area (Å²) in [5, 5.41) is 2.61. The molecular formula is C11H12ClF2NO2. The number of carbonyl (C=O) groups excluding carboxylic acids is 1. The topological polar surface area (TPSA) is 38.3 Å². The normalized spacial score (nSPS) is 10.4. The molecule has 0 atom stereocenters. The fourth-order valence-electron chi connectivity index (χ4n) is 1.23. The number of carbonyl (C=O) groups is 1. The van der Waals surface area contributed by atoms with Gasteiger partial charge in [0.25, 0.3) is 0 Å². The Balaban J connectivity index is 2.37. The van der Waals surface area contributed by atoms with Gasteiger partial charge in [0.05, 0.1) is 0 Å². The van der Waals surface area contributed by atoms with Crippen molar-refractivity contribution in [3.8, 4) is 5.75 Å². The molecule has 0 saturated heterocycles. The van der Waals surface area contributed by atoms with Crippen LogP contribution in [0.3, 0.4) is 0 Å². The second-order valence-corrected chi connectivity index (χ2v) is 3.52. The number of ether oxygens (including phenoxy) is 1. The monoisotopic (exact) mass is 263 g/mol. The first-order valence-electron chi connectivity index (χ1n) is 4.98. The zero-order chi connectivity index (χ0) is 12.7. The fraction of sp³-hybridized carbons (Fsp3) is 0.364. The van der Waals surface area contributed by atoms with Crippen LogP contribution in [0.25, 0.3) is 0 Å². The minimum absolute atomic E-state index is 0.0683. The Morgan fingerprint density at radius 3 is 2.53 bits per heavy atom. The molecule has 0 aromatic heterocycles. The number of nitrogens with one attached hydrogen (secondary N) is 1. The van der Waals surface area contributed by atoms with Gasteiger partial charge in [-0.25, -0.2) is 0 Å². The second-order valence-electron chi connectivity index (χ2n) is 3.26. The molecule has 0 aliphatic heterocycles. The number of halogens is 3. The molecule has 0 radical (unpaired) electrons. The molecule has 6 heteroatoms. The van der Waals surface area contributed by atoms with Gasteiger partial charge in [0.1, 0.15) is 11.6 Å². The maximum Gasteiger partial charge on any atom is 0.387 e. The van der Waals surface area contributed by atoms with Gasteiger partial charge in [-0.1, -0.05) is 12.1 Å². The lowest BCUT2D eigenvalue weighted by molar-refractivity contribution is -0.118. The van der Waals surface area contributed by atoms with E-state index in [0.29, 0.717) is 13.0 Å². The van der Waals surface area contributed by atoms with Crippen LogP contribution in [0.1, 0.15) is 5.56 Å². The second kappa shape index (κ2) is 7.06. The Hall–Kier alpha value is -1.36. The van der Waals surface area contributed by atoms with Crippen molar-refractivity contribution in [3.05, 3.63) is 29.8 Å². The third-order valence-corrected chi connectivity index (χ3v) is 2.25. The molecule has 1 aromatic rings. The van der Waals surface area contributed by atoms with Gasteiger partial charge in [0, 0.05) is 6.54 Å². The molecule has 1 rings (SSSR count). The summed E-state index contributed by atoms with van der Waals surface area (Å²) in [6.45, 7) is -2.36. The van der Waals surface area contributed by atoms with Crippen molar-refractivity contribution in [1.82, 2.24) is 5.32 Å². The van der Waals surface area contributed by atoms with Crippen LogP contribution in [0.2, 0.25) is 0 Å². The van der Waals surface area contributed by atoms with E-state index in [9.17, 15) is 13.6 Å². The lowest BCUT2D eigenvalue weighted by atomic mass is 10.1. The summed E-state index contributed by atoms with van der Waals surface area (Å²) < 4.78 is 27.9. The average molecular weight is 264 g/mol. The summed E-state index contributed by atoms with van der Waals surface area (Å²) in [7, 11) is 0. The van der Waals surface area contributed by atoms with Gasteiger partial charge in [-0.15, -0.1) is 11.6 Å². The number of rotatable bonds is 6. The van der Waals surface area contributed by atoms with Crippen LogP contribution in [0.15, 0.2) is 24.3 Å². The lowest BCUT2D eigenvalue weighted by Crippen LogP contribution is -2.26. The first-order valence-corrected chi connectivity index (χ1v) is 5.51. The molecule has 3 nitrogen and oxygen atoms in total. The van der Waals surface area contributed by atoms with Gasteiger partial charge >= 0.3 is 6.61 Å². The van der Waals surface area contributed by atoms with Crippen molar-refractivity contribution < 1.29 is 18.3 Å². The van der Waals surface area contributed by atoms with Crippen molar-refractivity contribution in [3.63, 3.8) is 0 Å². The lowest BCUT2D eigenvalue weighted by Gasteiger charge is -2.06. The van der Waals surface area contributed by atoms with Crippen LogP contribution in [0, 0.1) is 0 Å². The highest BCUT2D eigenvalue weighted by Gasteiger charge is 2.03. The molecular weight excluding hydrogens is 252 g/mol. The molecule has 0 aliphatic carbocycles. The number of amides is 1. The molecule has 17 heavy (non-hydrogen) atoms. The summed E-state index contributed by atoms with van der Waals surface area (Å²) >= 11 is 5.30. The molecule has 0 heterocycles. The number of alkyl halides is 3. The summed E-state index contributed by atoms with van der Waals surface area (Å²) in [5.74, 6) is -0.181. The van der Waals surface area contributed by atoms with E-state index in [1.54, 1.807) is 12.1 Å². The Morgan fingerprint density at radius 2 is 2.00 bits per heavy atom. The first-order chi connectivity index (χ1) is 8.11. The molecule has 1 N–H and O–H groups in total. The van der Waals surface area contributed by atoms with Crippen molar-refractivity contribution in [2.45, 2.75) is 13.0 Å². The molecule has 0 fully saturated rings. The zero-order valence-electron chi connectivity index (χ0n) is 8.96. The standard InChI is InChI=1S/C11H12ClF2NO2/c12-7-10(16)15-6-5-8-1-3-9(4-2-8)17-11(13)14/h1-4,11H,5-7H2,(H,15,16). The Bertz CT molecular complexity index is 357. The molecule has 0 unspecified atom stereocenters. The van der Waals surface area contributed by atoms with E-state index in [1.807, 2.05) is 0 Å². The van der Waals surface area contributed by atoms with Gasteiger partial charge in [-0.2, -0.15) is 8.78 Å². The molecule has 0 saturated carbocycles. The van der Waals surface area contributed by atoms with Gasteiger partial charge < -0.3 is 10.1 Å². The Labute approximate surface area is 103 Å². The van der Waals surface area contributed by atoms with Crippen molar-refractivity contribution >= 4 is 17.5 Å². The predicted octanol–water partition coefficient (Wildman–Crippen LogP) is 2.19. The Morgan fingerprint density at radius 1 is 1.35 bits per heavy atom. The zero-order valence-corrected chi connectivity index (χ0v) is 9.71. The van der Waals surface area contributed by atoms with Gasteiger partial charge in [0.15, 0.2) is 0 Å². The Kier molecular flexibility index (Phi) is 5.69. The first kappa shape index (κ1) is 13.7. The quantitative estimate of drug-likeness (QED) is 0.799. The van der Waals surface area contributed by atoms with Crippen molar-refractivity contribution in [2.24, 2.45) is 0 Å². The van der Waals surface area contributed by atoms with Crippen LogP contribution in [0.4, 0.5) is 8.78 Å². The highest BCUT2D eigenvalue weighted by molar-refractivity contribution is 6.27. The molecule has 0 bridgehead atoms. The largest absolute Gasteiger partial charge is 0.435 e. The van der Waals surface area contributed by atoms with Crippen LogP contribution in [0.5, 0.6) is 5.75 Å². The number of hydrogen-bond donors (Lipinski definition) is 1. The average Bonchev–Trinajstić information content (AvgIpc) is 2.30. The third kappa shape index (κ3) is 5.49. The molecule has 0 spiro atoms. The van der Waals surface area contributed by atoms with Crippen molar-refractivity contribution in [1.29, 1.82) is 0 Å². The molecule has 1 amide bonds. The maximum atomic E-state index is 11.9. The SMILES string of the molecule is O=C(CCl)NCCc1ccc(OC(F)F)cc1. The van der Waals surface area contributed by atoms with E-state index < -0.39 is 6.61 Å². The maximum absolute atomic E-state index is 11.9. The molecule has 94 valence electrons. The van der Waals surface area contributed by atoms with Crippen LogP contribution in [-0.4, -0.2) is 24.9 Å². The van der Waals surface area contributed by atoms with Crippen molar-refractivity contribution in [2.75, 3.05) is 12.4 Å². The van der Waals surface area contributed by atoms with E-state index >= 15 is 0 Å². The van der Waals surface area contributed by atoms with Gasteiger partial charge in [-0.3, -0.25) is 4.79 Å². The van der Waals surface area contributed by atoms with E-state index in [1.165, 1.54) is 12.1 Å². The minimum Gasteiger partial charge on any atom is -0.435 e. The van der Waals surface area contributed by atoms with Crippen LogP contribution in [-0.2, 0) is 11.2 Å². The summed E-state index contributed by atoms with van der Waals surface area (Å²) in [5.41, 5.74) is 0.918. The van der Waals surface area contributed by atoms with Gasteiger partial charge in [0.2, 0.25) is 5.91 Å². The van der Waals surface area contributed by atoms with E-state index in [2.05, 4.69) is 10.1 Å². The molecule has 0 aliphatic rings. The third-order valence-electron chi connectivity index (χ3n) is 2.01. The van der Waals surface area contributed by atoms with E-state index in [4.69, 9.17) is 11.6 Å². The number of hydrogen-bond acceptors (Lipinski definition) is 2. The summed E-state index contributed by atoms with van der Waals surface area (Å²) in [6.07, 6.45) is 0.609. The summed E-state index contributed by atoms with van der Waals surface area (Å²) in [6, 6.07) is 6.27. The predicted molar refractivity (Wildman–Crippen MR) is 60.5 cm³/mol. The summed E-state index contributed by atoms with van der Waals surface area (Å²) in [4.78, 5) is 10.8. The van der Waals surface area contributed by atoms with Crippen LogP contribution < -0.4 is 10.1 Å². The van der Waals surface area contributed by atoms with Gasteiger partial charge in [-0.05, 0) is 24.1 Å². The van der Waals surface area contributed by atoms with Crippen LogP contribution >= 0.6 is 11.6 Å². The van der Waals surface area contributed by atoms with E-state index in [-0.39, 0.29) is 17.5 Å². The highest BCUT2D eigenvalue weighted by Crippen LogP contribution is 2.14. The molecule has 1 aromatic carbocycles. The minimum atomic E-state index is -2.82. The smallest absolute Gasteiger partial charge is 0.387 e. The van der Waals surface area contributed by atoms with E-state index in [0.717, 1.165) is 5.56 Å². The highest BCUT2D eigenvalue weighted by atomic mass is 35.5. The number of benzene rings is 1. The fourth-order valence-corrected chi connectivity index (χ4v) is 1.33.